The number of benzene rings is 2. The second-order valence-corrected chi connectivity index (χ2v) is 4.95. The molecule has 1 unspecified atom stereocenters. The Morgan fingerprint density at radius 2 is 1.76 bits per heavy atom. The number of hydrogen-bond donors (Lipinski definition) is 0. The maximum absolute atomic E-state index is 9.14. The Bertz CT molecular complexity index is 641. The molecular formula is C18H19NO2. The highest BCUT2D eigenvalue weighted by Crippen LogP contribution is 2.30. The standard InChI is InChI=1S/C18H19NO2/c1-4-13(2)14-5-8-16(9-6-14)21-18-11-17(20-3)10-7-15(18)12-19/h5-11,13H,4H2,1-3H3. The second-order valence-electron chi connectivity index (χ2n) is 4.95. The Labute approximate surface area is 125 Å². The minimum absolute atomic E-state index is 0.488. The number of methoxy groups -OCH3 is 1. The first-order chi connectivity index (χ1) is 10.2. The van der Waals surface area contributed by atoms with Crippen LogP contribution in [0.3, 0.4) is 0 Å². The fourth-order valence-electron chi connectivity index (χ4n) is 2.03. The van der Waals surface area contributed by atoms with Crippen LogP contribution in [0.5, 0.6) is 17.2 Å². The van der Waals surface area contributed by atoms with Gasteiger partial charge in [-0.1, -0.05) is 26.0 Å². The van der Waals surface area contributed by atoms with E-state index in [0.29, 0.717) is 28.7 Å². The van der Waals surface area contributed by atoms with Gasteiger partial charge in [-0.25, -0.2) is 0 Å². The summed E-state index contributed by atoms with van der Waals surface area (Å²) in [4.78, 5) is 0. The lowest BCUT2D eigenvalue weighted by atomic mass is 9.99. The molecule has 0 aliphatic heterocycles. The number of rotatable bonds is 5. The fourth-order valence-corrected chi connectivity index (χ4v) is 2.03. The van der Waals surface area contributed by atoms with Gasteiger partial charge in [0, 0.05) is 6.07 Å². The van der Waals surface area contributed by atoms with Gasteiger partial charge in [0.15, 0.2) is 0 Å². The van der Waals surface area contributed by atoms with Gasteiger partial charge in [-0.3, -0.25) is 0 Å². The van der Waals surface area contributed by atoms with Crippen molar-refractivity contribution in [2.75, 3.05) is 7.11 Å². The average molecular weight is 281 g/mol. The van der Waals surface area contributed by atoms with Gasteiger partial charge in [-0.05, 0) is 42.2 Å². The van der Waals surface area contributed by atoms with Crippen molar-refractivity contribution in [3.8, 4) is 23.3 Å². The van der Waals surface area contributed by atoms with Gasteiger partial charge in [0.25, 0.3) is 0 Å². The van der Waals surface area contributed by atoms with Gasteiger partial charge in [0.2, 0.25) is 0 Å². The summed E-state index contributed by atoms with van der Waals surface area (Å²) in [5.74, 6) is 2.42. The quantitative estimate of drug-likeness (QED) is 0.785. The zero-order valence-corrected chi connectivity index (χ0v) is 12.6. The van der Waals surface area contributed by atoms with Crippen molar-refractivity contribution in [3.05, 3.63) is 53.6 Å². The van der Waals surface area contributed by atoms with E-state index in [4.69, 9.17) is 14.7 Å². The molecule has 0 heterocycles. The Hall–Kier alpha value is -2.47. The van der Waals surface area contributed by atoms with Crippen molar-refractivity contribution in [1.29, 1.82) is 5.26 Å². The first-order valence-electron chi connectivity index (χ1n) is 7.04. The van der Waals surface area contributed by atoms with E-state index in [9.17, 15) is 0 Å². The fraction of sp³-hybridized carbons (Fsp3) is 0.278. The van der Waals surface area contributed by atoms with Crippen LogP contribution in [-0.4, -0.2) is 7.11 Å². The average Bonchev–Trinajstić information content (AvgIpc) is 2.54. The summed E-state index contributed by atoms with van der Waals surface area (Å²) in [6, 6.07) is 15.3. The van der Waals surface area contributed by atoms with Crippen LogP contribution >= 0.6 is 0 Å². The molecule has 0 aliphatic carbocycles. The molecule has 21 heavy (non-hydrogen) atoms. The van der Waals surface area contributed by atoms with Crippen molar-refractivity contribution in [3.63, 3.8) is 0 Å². The molecule has 0 fully saturated rings. The zero-order chi connectivity index (χ0) is 15.2. The maximum Gasteiger partial charge on any atom is 0.148 e. The molecule has 0 aliphatic rings. The van der Waals surface area contributed by atoms with E-state index in [0.717, 1.165) is 6.42 Å². The molecule has 2 rings (SSSR count). The lowest BCUT2D eigenvalue weighted by Gasteiger charge is -2.12. The number of hydrogen-bond acceptors (Lipinski definition) is 3. The molecule has 0 spiro atoms. The van der Waals surface area contributed by atoms with Crippen LogP contribution in [0.1, 0.15) is 37.3 Å². The van der Waals surface area contributed by atoms with Crippen LogP contribution in [0.15, 0.2) is 42.5 Å². The minimum Gasteiger partial charge on any atom is -0.497 e. The molecule has 2 aromatic carbocycles. The summed E-state index contributed by atoms with van der Waals surface area (Å²) in [5, 5.41) is 9.14. The molecule has 0 bridgehead atoms. The monoisotopic (exact) mass is 281 g/mol. The van der Waals surface area contributed by atoms with Crippen molar-refractivity contribution in [2.24, 2.45) is 0 Å². The minimum atomic E-state index is 0.488. The summed E-state index contributed by atoms with van der Waals surface area (Å²) < 4.78 is 11.0. The first-order valence-corrected chi connectivity index (χ1v) is 7.04. The smallest absolute Gasteiger partial charge is 0.148 e. The first kappa shape index (κ1) is 14.9. The van der Waals surface area contributed by atoms with Gasteiger partial charge >= 0.3 is 0 Å². The molecule has 0 saturated heterocycles. The largest absolute Gasteiger partial charge is 0.497 e. The molecule has 0 amide bonds. The summed E-state index contributed by atoms with van der Waals surface area (Å²) in [7, 11) is 1.59. The summed E-state index contributed by atoms with van der Waals surface area (Å²) >= 11 is 0. The SMILES string of the molecule is CCC(C)c1ccc(Oc2cc(OC)ccc2C#N)cc1. The second kappa shape index (κ2) is 6.81. The van der Waals surface area contributed by atoms with Gasteiger partial charge in [0.1, 0.15) is 23.3 Å². The van der Waals surface area contributed by atoms with Crippen LogP contribution in [0.25, 0.3) is 0 Å². The van der Waals surface area contributed by atoms with Crippen LogP contribution in [0.4, 0.5) is 0 Å². The van der Waals surface area contributed by atoms with E-state index in [1.54, 1.807) is 25.3 Å². The van der Waals surface area contributed by atoms with Crippen LogP contribution < -0.4 is 9.47 Å². The lowest BCUT2D eigenvalue weighted by Crippen LogP contribution is -1.93. The van der Waals surface area contributed by atoms with Gasteiger partial charge < -0.3 is 9.47 Å². The molecule has 0 aromatic heterocycles. The zero-order valence-electron chi connectivity index (χ0n) is 12.6. The highest BCUT2D eigenvalue weighted by Gasteiger charge is 2.08. The Morgan fingerprint density at radius 3 is 2.33 bits per heavy atom. The summed E-state index contributed by atoms with van der Waals surface area (Å²) in [6.07, 6.45) is 1.11. The molecule has 0 saturated carbocycles. The third-order valence-corrected chi connectivity index (χ3v) is 3.60. The number of nitriles is 1. The Balaban J connectivity index is 2.24. The molecule has 108 valence electrons. The third kappa shape index (κ3) is 3.55. The van der Waals surface area contributed by atoms with Crippen molar-refractivity contribution >= 4 is 0 Å². The highest BCUT2D eigenvalue weighted by molar-refractivity contribution is 5.49. The van der Waals surface area contributed by atoms with Crippen molar-refractivity contribution in [2.45, 2.75) is 26.2 Å². The van der Waals surface area contributed by atoms with E-state index in [1.165, 1.54) is 5.56 Å². The number of nitrogens with zero attached hydrogens (tertiary/aromatic N) is 1. The number of ether oxygens (including phenoxy) is 2. The highest BCUT2D eigenvalue weighted by atomic mass is 16.5. The summed E-state index contributed by atoms with van der Waals surface area (Å²) in [6.45, 7) is 4.37. The van der Waals surface area contributed by atoms with E-state index in [2.05, 4.69) is 32.0 Å². The molecule has 1 atom stereocenters. The molecule has 2 aromatic rings. The molecule has 3 nitrogen and oxygen atoms in total. The Morgan fingerprint density at radius 1 is 1.10 bits per heavy atom. The lowest BCUT2D eigenvalue weighted by molar-refractivity contribution is 0.409. The molecule has 0 radical (unpaired) electrons. The van der Waals surface area contributed by atoms with E-state index in [-0.39, 0.29) is 0 Å². The van der Waals surface area contributed by atoms with Gasteiger partial charge in [-0.15, -0.1) is 0 Å². The Kier molecular flexibility index (Phi) is 4.84. The topological polar surface area (TPSA) is 42.2 Å². The van der Waals surface area contributed by atoms with Crippen molar-refractivity contribution in [1.82, 2.24) is 0 Å². The van der Waals surface area contributed by atoms with Crippen LogP contribution in [0.2, 0.25) is 0 Å². The third-order valence-electron chi connectivity index (χ3n) is 3.60. The predicted octanol–water partition coefficient (Wildman–Crippen LogP) is 4.87. The normalized spacial score (nSPS) is 11.5. The van der Waals surface area contributed by atoms with Gasteiger partial charge in [-0.2, -0.15) is 5.26 Å². The molecular weight excluding hydrogens is 262 g/mol. The molecule has 3 heteroatoms. The van der Waals surface area contributed by atoms with E-state index >= 15 is 0 Å². The maximum atomic E-state index is 9.14. The van der Waals surface area contributed by atoms with E-state index in [1.807, 2.05) is 12.1 Å². The van der Waals surface area contributed by atoms with Crippen LogP contribution in [-0.2, 0) is 0 Å². The van der Waals surface area contributed by atoms with Crippen LogP contribution in [0, 0.1) is 11.3 Å². The molecule has 0 N–H and O–H groups in total. The van der Waals surface area contributed by atoms with Crippen molar-refractivity contribution < 1.29 is 9.47 Å². The van der Waals surface area contributed by atoms with E-state index < -0.39 is 0 Å². The van der Waals surface area contributed by atoms with Gasteiger partial charge in [0.05, 0.1) is 12.7 Å². The predicted molar refractivity (Wildman–Crippen MR) is 82.9 cm³/mol. The summed E-state index contributed by atoms with van der Waals surface area (Å²) in [5.41, 5.74) is 1.78.